The third-order valence-corrected chi connectivity index (χ3v) is 2.77. The lowest BCUT2D eigenvalue weighted by atomic mass is 10.2. The topological polar surface area (TPSA) is 125 Å². The van der Waals surface area contributed by atoms with Crippen LogP contribution in [-0.2, 0) is 6.54 Å². The molecule has 9 heteroatoms. The van der Waals surface area contributed by atoms with Crippen LogP contribution >= 0.6 is 0 Å². The molecule has 108 valence electrons. The fraction of sp³-hybridized carbons (Fsp3) is 0.545. The van der Waals surface area contributed by atoms with E-state index in [0.29, 0.717) is 18.3 Å². The number of anilines is 2. The van der Waals surface area contributed by atoms with Crippen molar-refractivity contribution in [2.75, 3.05) is 24.7 Å². The van der Waals surface area contributed by atoms with Crippen LogP contribution < -0.4 is 16.4 Å². The summed E-state index contributed by atoms with van der Waals surface area (Å²) in [6, 6.07) is -0.107. The molecule has 0 fully saturated rings. The summed E-state index contributed by atoms with van der Waals surface area (Å²) in [5, 5.41) is 8.05. The van der Waals surface area contributed by atoms with Gasteiger partial charge in [0.15, 0.2) is 5.82 Å². The molecule has 0 aromatic carbocycles. The molecule has 0 aliphatic carbocycles. The first kappa shape index (κ1) is 14.1. The molecule has 2 heterocycles. The van der Waals surface area contributed by atoms with Gasteiger partial charge >= 0.3 is 0 Å². The van der Waals surface area contributed by atoms with Gasteiger partial charge in [-0.05, 0) is 6.42 Å². The summed E-state index contributed by atoms with van der Waals surface area (Å²) in [5.74, 6) is 1.23. The number of hydrogen-bond acceptors (Lipinski definition) is 8. The molecular weight excluding hydrogens is 258 g/mol. The van der Waals surface area contributed by atoms with Gasteiger partial charge in [-0.3, -0.25) is 0 Å². The molecule has 0 saturated heterocycles. The van der Waals surface area contributed by atoms with Gasteiger partial charge in [0.05, 0.1) is 17.9 Å². The monoisotopic (exact) mass is 277 g/mol. The van der Waals surface area contributed by atoms with Gasteiger partial charge in [-0.2, -0.15) is 15.0 Å². The van der Waals surface area contributed by atoms with Crippen LogP contribution in [0.4, 0.5) is 11.9 Å². The smallest absolute Gasteiger partial charge is 0.229 e. The Balaban J connectivity index is 2.19. The maximum Gasteiger partial charge on any atom is 0.229 e. The molecular formula is C11H19N9. The molecule has 1 unspecified atom stereocenters. The van der Waals surface area contributed by atoms with E-state index in [1.54, 1.807) is 15.8 Å². The standard InChI is InChI=1S/C11H19N9/c1-4-7(12)8-5-20(18-17-8)6-9-14-10(13)16-11(15-9)19(2)3/h5,7H,4,6,12H2,1-3H3,(H2,13,14,15,16). The third kappa shape index (κ3) is 3.18. The molecule has 20 heavy (non-hydrogen) atoms. The Labute approximate surface area is 117 Å². The molecule has 0 saturated carbocycles. The maximum atomic E-state index is 5.91. The minimum Gasteiger partial charge on any atom is -0.368 e. The second-order valence-corrected chi connectivity index (χ2v) is 4.66. The zero-order valence-corrected chi connectivity index (χ0v) is 11.9. The van der Waals surface area contributed by atoms with Gasteiger partial charge < -0.3 is 16.4 Å². The normalized spacial score (nSPS) is 12.4. The van der Waals surface area contributed by atoms with Crippen molar-refractivity contribution in [2.24, 2.45) is 5.73 Å². The summed E-state index contributed by atoms with van der Waals surface area (Å²) in [7, 11) is 3.68. The SMILES string of the molecule is CCC(N)c1cn(Cc2nc(N)nc(N(C)C)n2)nn1. The lowest BCUT2D eigenvalue weighted by Crippen LogP contribution is -2.17. The lowest BCUT2D eigenvalue weighted by Gasteiger charge is -2.11. The first-order chi connectivity index (χ1) is 9.49. The van der Waals surface area contributed by atoms with Crippen LogP contribution in [0.1, 0.15) is 30.9 Å². The first-order valence-electron chi connectivity index (χ1n) is 6.33. The predicted octanol–water partition coefficient (Wildman–Crippen LogP) is -0.431. The molecule has 2 rings (SSSR count). The van der Waals surface area contributed by atoms with Crippen molar-refractivity contribution in [2.45, 2.75) is 25.9 Å². The van der Waals surface area contributed by atoms with Crippen LogP contribution in [0.3, 0.4) is 0 Å². The molecule has 2 aromatic rings. The van der Waals surface area contributed by atoms with Crippen LogP contribution in [0, 0.1) is 0 Å². The number of aromatic nitrogens is 6. The van der Waals surface area contributed by atoms with Gasteiger partial charge in [0.1, 0.15) is 6.54 Å². The van der Waals surface area contributed by atoms with E-state index >= 15 is 0 Å². The average Bonchev–Trinajstić information content (AvgIpc) is 2.85. The Morgan fingerprint density at radius 3 is 2.70 bits per heavy atom. The number of hydrogen-bond donors (Lipinski definition) is 2. The van der Waals surface area contributed by atoms with Crippen LogP contribution in [0.25, 0.3) is 0 Å². The summed E-state index contributed by atoms with van der Waals surface area (Å²) in [6.07, 6.45) is 2.60. The van der Waals surface area contributed by atoms with E-state index in [9.17, 15) is 0 Å². The van der Waals surface area contributed by atoms with Crippen molar-refractivity contribution in [3.8, 4) is 0 Å². The van der Waals surface area contributed by atoms with Crippen LogP contribution in [-0.4, -0.2) is 44.0 Å². The van der Waals surface area contributed by atoms with Crippen molar-refractivity contribution >= 4 is 11.9 Å². The van der Waals surface area contributed by atoms with E-state index < -0.39 is 0 Å². The van der Waals surface area contributed by atoms with Crippen LogP contribution in [0.2, 0.25) is 0 Å². The molecule has 0 radical (unpaired) electrons. The zero-order chi connectivity index (χ0) is 14.7. The number of nitrogens with zero attached hydrogens (tertiary/aromatic N) is 7. The third-order valence-electron chi connectivity index (χ3n) is 2.77. The van der Waals surface area contributed by atoms with Crippen molar-refractivity contribution in [3.05, 3.63) is 17.7 Å². The Bertz CT molecular complexity index is 577. The van der Waals surface area contributed by atoms with Gasteiger partial charge in [-0.1, -0.05) is 12.1 Å². The molecule has 0 amide bonds. The Hall–Kier alpha value is -2.29. The highest BCUT2D eigenvalue weighted by atomic mass is 15.4. The largest absolute Gasteiger partial charge is 0.368 e. The predicted molar refractivity (Wildman–Crippen MR) is 74.9 cm³/mol. The van der Waals surface area contributed by atoms with Crippen molar-refractivity contribution in [1.82, 2.24) is 29.9 Å². The second kappa shape index (κ2) is 5.78. The van der Waals surface area contributed by atoms with Crippen molar-refractivity contribution in [3.63, 3.8) is 0 Å². The Morgan fingerprint density at radius 1 is 1.30 bits per heavy atom. The van der Waals surface area contributed by atoms with Crippen LogP contribution in [0.5, 0.6) is 0 Å². The molecule has 1 atom stereocenters. The maximum absolute atomic E-state index is 5.91. The highest BCUT2D eigenvalue weighted by molar-refractivity contribution is 5.32. The number of nitrogen functional groups attached to an aromatic ring is 1. The summed E-state index contributed by atoms with van der Waals surface area (Å²) in [5.41, 5.74) is 12.3. The van der Waals surface area contributed by atoms with E-state index in [1.165, 1.54) is 0 Å². The first-order valence-corrected chi connectivity index (χ1v) is 6.33. The lowest BCUT2D eigenvalue weighted by molar-refractivity contribution is 0.620. The van der Waals surface area contributed by atoms with E-state index in [1.807, 2.05) is 21.0 Å². The summed E-state index contributed by atoms with van der Waals surface area (Å²) in [4.78, 5) is 14.2. The Morgan fingerprint density at radius 2 is 2.05 bits per heavy atom. The fourth-order valence-electron chi connectivity index (χ4n) is 1.61. The molecule has 0 aliphatic heterocycles. The van der Waals surface area contributed by atoms with E-state index in [0.717, 1.165) is 12.1 Å². The van der Waals surface area contributed by atoms with Crippen LogP contribution in [0.15, 0.2) is 6.20 Å². The Kier molecular flexibility index (Phi) is 4.08. The van der Waals surface area contributed by atoms with Gasteiger partial charge in [0.25, 0.3) is 0 Å². The van der Waals surface area contributed by atoms with E-state index in [-0.39, 0.29) is 12.0 Å². The molecule has 9 nitrogen and oxygen atoms in total. The van der Waals surface area contributed by atoms with Gasteiger partial charge in [-0.25, -0.2) is 4.68 Å². The van der Waals surface area contributed by atoms with E-state index in [4.69, 9.17) is 11.5 Å². The minimum absolute atomic E-state index is 0.107. The van der Waals surface area contributed by atoms with Crippen molar-refractivity contribution < 1.29 is 0 Å². The van der Waals surface area contributed by atoms with Crippen molar-refractivity contribution in [1.29, 1.82) is 0 Å². The van der Waals surface area contributed by atoms with E-state index in [2.05, 4.69) is 25.3 Å². The quantitative estimate of drug-likeness (QED) is 0.754. The average molecular weight is 277 g/mol. The zero-order valence-electron chi connectivity index (χ0n) is 11.9. The summed E-state index contributed by atoms with van der Waals surface area (Å²) < 4.78 is 1.64. The molecule has 0 aliphatic rings. The van der Waals surface area contributed by atoms with Gasteiger partial charge in [0.2, 0.25) is 11.9 Å². The van der Waals surface area contributed by atoms with Gasteiger partial charge in [0, 0.05) is 14.1 Å². The minimum atomic E-state index is -0.107. The summed E-state index contributed by atoms with van der Waals surface area (Å²) in [6.45, 7) is 2.37. The molecule has 4 N–H and O–H groups in total. The highest BCUT2D eigenvalue weighted by Gasteiger charge is 2.11. The van der Waals surface area contributed by atoms with Gasteiger partial charge in [-0.15, -0.1) is 5.10 Å². The fourth-order valence-corrected chi connectivity index (χ4v) is 1.61. The number of nitrogens with two attached hydrogens (primary N) is 2. The molecule has 2 aromatic heterocycles. The molecule has 0 bridgehead atoms. The second-order valence-electron chi connectivity index (χ2n) is 4.66. The number of rotatable bonds is 5. The summed E-state index contributed by atoms with van der Waals surface area (Å²) >= 11 is 0. The highest BCUT2D eigenvalue weighted by Crippen LogP contribution is 2.10. The molecule has 0 spiro atoms.